The topological polar surface area (TPSA) is 111 Å². The molecule has 33 heavy (non-hydrogen) atoms. The van der Waals surface area contributed by atoms with Gasteiger partial charge in [0.1, 0.15) is 5.54 Å². The van der Waals surface area contributed by atoms with Gasteiger partial charge in [0.25, 0.3) is 0 Å². The number of carbonyl (C=O) groups excluding carboxylic acids is 2. The van der Waals surface area contributed by atoms with Crippen LogP contribution in [-0.2, 0) is 25.3 Å². The molecule has 3 heterocycles. The summed E-state index contributed by atoms with van der Waals surface area (Å²) in [6.07, 6.45) is -4.84. The molecule has 4 unspecified atom stereocenters. The van der Waals surface area contributed by atoms with Crippen molar-refractivity contribution in [1.29, 1.82) is 5.26 Å². The Kier molecular flexibility index (Phi) is 4.76. The van der Waals surface area contributed by atoms with Gasteiger partial charge in [0.2, 0.25) is 11.8 Å². The van der Waals surface area contributed by atoms with Gasteiger partial charge >= 0.3 is 12.1 Å². The van der Waals surface area contributed by atoms with E-state index in [0.29, 0.717) is 6.07 Å². The van der Waals surface area contributed by atoms with Crippen molar-refractivity contribution in [2.24, 2.45) is 11.8 Å². The van der Waals surface area contributed by atoms with Crippen LogP contribution in [0.1, 0.15) is 38.8 Å². The highest BCUT2D eigenvalue weighted by Crippen LogP contribution is 2.56. The zero-order valence-electron chi connectivity index (χ0n) is 18.4. The maximum atomic E-state index is 13.4. The molecule has 1 aromatic carbocycles. The zero-order chi connectivity index (χ0) is 24.7. The monoisotopic (exact) mass is 465 g/mol. The van der Waals surface area contributed by atoms with E-state index in [1.807, 2.05) is 0 Å². The van der Waals surface area contributed by atoms with Crippen molar-refractivity contribution in [2.45, 2.75) is 50.6 Å². The van der Waals surface area contributed by atoms with E-state index in [-0.39, 0.29) is 18.8 Å². The van der Waals surface area contributed by atoms with Gasteiger partial charge < -0.3 is 9.84 Å². The van der Waals surface area contributed by atoms with Crippen LogP contribution in [0.5, 0.6) is 0 Å². The molecule has 0 saturated carbocycles. The van der Waals surface area contributed by atoms with E-state index in [0.717, 1.165) is 17.0 Å². The predicted octanol–water partition coefficient (Wildman–Crippen LogP) is 2.41. The molecular formula is C22H22F3N3O5. The highest BCUT2D eigenvalue weighted by atomic mass is 19.4. The summed E-state index contributed by atoms with van der Waals surface area (Å²) in [5.74, 6) is -4.46. The second-order valence-corrected chi connectivity index (χ2v) is 9.75. The Bertz CT molecular complexity index is 1090. The van der Waals surface area contributed by atoms with Gasteiger partial charge in [0, 0.05) is 13.1 Å². The average molecular weight is 465 g/mol. The summed E-state index contributed by atoms with van der Waals surface area (Å²) >= 11 is 0. The third kappa shape index (κ3) is 3.15. The number of amides is 2. The first-order chi connectivity index (χ1) is 15.1. The van der Waals surface area contributed by atoms with Crippen LogP contribution in [0, 0.1) is 23.2 Å². The molecule has 0 spiro atoms. The van der Waals surface area contributed by atoms with Gasteiger partial charge in [-0.3, -0.25) is 19.3 Å². The minimum Gasteiger partial charge on any atom is -0.480 e. The summed E-state index contributed by atoms with van der Waals surface area (Å²) < 4.78 is 46.5. The van der Waals surface area contributed by atoms with Gasteiger partial charge in [-0.25, -0.2) is 4.90 Å². The van der Waals surface area contributed by atoms with E-state index in [4.69, 9.17) is 10.00 Å². The van der Waals surface area contributed by atoms with Crippen molar-refractivity contribution >= 4 is 23.5 Å². The zero-order valence-corrected chi connectivity index (χ0v) is 18.4. The molecule has 0 aromatic heterocycles. The summed E-state index contributed by atoms with van der Waals surface area (Å²) in [5, 5.41) is 18.7. The van der Waals surface area contributed by atoms with E-state index >= 15 is 0 Å². The van der Waals surface area contributed by atoms with Crippen LogP contribution < -0.4 is 4.90 Å². The fourth-order valence-electron chi connectivity index (χ4n) is 5.42. The SMILES string of the molecule is CC12CN(C(C)(C)C(=O)O)CC(C)(O1)C1C(=O)N(c3ccc(C#N)c(C(F)(F)F)c3)C(=O)C12. The largest absolute Gasteiger partial charge is 0.480 e. The normalized spacial score (nSPS) is 32.1. The standard InChI is InChI=1S/C22H22F3N3O5/c1-19(2,18(31)32)27-9-20(3)14-15(21(4,10-27)33-20)17(30)28(16(14)29)12-6-5-11(8-26)13(7-12)22(23,24)25/h5-7,14-15H,9-10H2,1-4H3,(H,31,32). The number of likely N-dealkylation sites (tertiary alicyclic amines) is 1. The number of benzene rings is 1. The molecule has 176 valence electrons. The number of nitriles is 1. The number of aliphatic carboxylic acids is 1. The number of hydrogen-bond donors (Lipinski definition) is 1. The van der Waals surface area contributed by atoms with E-state index in [1.165, 1.54) is 19.9 Å². The van der Waals surface area contributed by atoms with Crippen LogP contribution >= 0.6 is 0 Å². The van der Waals surface area contributed by atoms with Gasteiger partial charge in [-0.05, 0) is 45.9 Å². The number of carbonyl (C=O) groups is 3. The molecule has 3 fully saturated rings. The molecule has 4 atom stereocenters. The number of halogens is 3. The number of carboxylic acid groups (broad SMARTS) is 1. The minimum absolute atomic E-state index is 0.0527. The molecule has 8 nitrogen and oxygen atoms in total. The molecule has 0 aliphatic carbocycles. The smallest absolute Gasteiger partial charge is 0.417 e. The van der Waals surface area contributed by atoms with Crippen LogP contribution in [0.2, 0.25) is 0 Å². The summed E-state index contributed by atoms with van der Waals surface area (Å²) in [5.41, 5.74) is -5.83. The number of morpholine rings is 1. The summed E-state index contributed by atoms with van der Waals surface area (Å²) in [4.78, 5) is 41.1. The third-order valence-electron chi connectivity index (χ3n) is 7.10. The highest BCUT2D eigenvalue weighted by molar-refractivity contribution is 6.23. The molecule has 3 saturated heterocycles. The second-order valence-electron chi connectivity index (χ2n) is 9.75. The van der Waals surface area contributed by atoms with E-state index < -0.39 is 63.7 Å². The Labute approximate surface area is 187 Å². The van der Waals surface area contributed by atoms with Crippen molar-refractivity contribution in [3.05, 3.63) is 29.3 Å². The van der Waals surface area contributed by atoms with Gasteiger partial charge in [0.15, 0.2) is 0 Å². The lowest BCUT2D eigenvalue weighted by atomic mass is 9.79. The number of anilines is 1. The lowest BCUT2D eigenvalue weighted by molar-refractivity contribution is -0.190. The molecule has 1 aromatic rings. The fraction of sp³-hybridized carbons (Fsp3) is 0.545. The molecule has 0 radical (unpaired) electrons. The number of hydrogen-bond acceptors (Lipinski definition) is 6. The number of carboxylic acids is 1. The van der Waals surface area contributed by atoms with Gasteiger partial charge in [-0.15, -0.1) is 0 Å². The first kappa shape index (κ1) is 23.2. The molecule has 1 N–H and O–H groups in total. The van der Waals surface area contributed by atoms with Crippen LogP contribution in [-0.4, -0.2) is 57.6 Å². The lowest BCUT2D eigenvalue weighted by Crippen LogP contribution is -2.64. The molecule has 2 bridgehead atoms. The number of ether oxygens (including phenoxy) is 1. The van der Waals surface area contributed by atoms with E-state index in [2.05, 4.69) is 0 Å². The third-order valence-corrected chi connectivity index (χ3v) is 7.10. The number of imide groups is 1. The van der Waals surface area contributed by atoms with Crippen molar-refractivity contribution in [2.75, 3.05) is 18.0 Å². The predicted molar refractivity (Wildman–Crippen MR) is 107 cm³/mol. The molecule has 3 aliphatic rings. The van der Waals surface area contributed by atoms with Crippen molar-refractivity contribution in [1.82, 2.24) is 4.90 Å². The highest BCUT2D eigenvalue weighted by Gasteiger charge is 2.72. The number of nitrogens with zero attached hydrogens (tertiary/aromatic N) is 3. The Morgan fingerprint density at radius 3 is 2.09 bits per heavy atom. The Balaban J connectivity index is 1.76. The summed E-state index contributed by atoms with van der Waals surface area (Å²) in [6, 6.07) is 4.19. The molecule has 11 heteroatoms. The van der Waals surface area contributed by atoms with Crippen molar-refractivity contribution in [3.8, 4) is 6.07 Å². The fourth-order valence-corrected chi connectivity index (χ4v) is 5.42. The van der Waals surface area contributed by atoms with Gasteiger partial charge in [0.05, 0.1) is 45.9 Å². The van der Waals surface area contributed by atoms with Crippen LogP contribution in [0.15, 0.2) is 18.2 Å². The van der Waals surface area contributed by atoms with Gasteiger partial charge in [-0.2, -0.15) is 18.4 Å². The first-order valence-electron chi connectivity index (χ1n) is 10.2. The molecule has 2 amide bonds. The van der Waals surface area contributed by atoms with E-state index in [1.54, 1.807) is 18.7 Å². The first-order valence-corrected chi connectivity index (χ1v) is 10.2. The van der Waals surface area contributed by atoms with Crippen LogP contribution in [0.3, 0.4) is 0 Å². The number of fused-ring (bicyclic) bond motifs is 5. The Hall–Kier alpha value is -2.97. The summed E-state index contributed by atoms with van der Waals surface area (Å²) in [7, 11) is 0. The lowest BCUT2D eigenvalue weighted by Gasteiger charge is -2.49. The molecule has 3 aliphatic heterocycles. The number of alkyl halides is 3. The maximum Gasteiger partial charge on any atom is 0.417 e. The van der Waals surface area contributed by atoms with Gasteiger partial charge in [-0.1, -0.05) is 0 Å². The number of rotatable bonds is 3. The maximum absolute atomic E-state index is 13.4. The van der Waals surface area contributed by atoms with Crippen LogP contribution in [0.25, 0.3) is 0 Å². The average Bonchev–Trinajstić information content (AvgIpc) is 3.06. The van der Waals surface area contributed by atoms with E-state index in [9.17, 15) is 32.7 Å². The second kappa shape index (κ2) is 6.77. The Morgan fingerprint density at radius 1 is 1.15 bits per heavy atom. The quantitative estimate of drug-likeness (QED) is 0.683. The molecular weight excluding hydrogens is 443 g/mol. The molecule has 4 rings (SSSR count). The van der Waals surface area contributed by atoms with Crippen LogP contribution in [0.4, 0.5) is 18.9 Å². The summed E-state index contributed by atoms with van der Waals surface area (Å²) in [6.45, 7) is 6.39. The minimum atomic E-state index is -4.84. The van der Waals surface area contributed by atoms with Crippen molar-refractivity contribution in [3.63, 3.8) is 0 Å². The Morgan fingerprint density at radius 2 is 1.67 bits per heavy atom. The van der Waals surface area contributed by atoms with Crippen molar-refractivity contribution < 1.29 is 37.4 Å².